The zero-order valence-corrected chi connectivity index (χ0v) is 18.9. The first kappa shape index (κ1) is 19.4. The van der Waals surface area contributed by atoms with Gasteiger partial charge in [0.15, 0.2) is 5.75 Å². The van der Waals surface area contributed by atoms with Gasteiger partial charge < -0.3 is 10.1 Å². The Labute approximate surface area is 187 Å². The highest BCUT2D eigenvalue weighted by Gasteiger charge is 2.33. The molecular formula is C24H19ClN2OS2. The van der Waals surface area contributed by atoms with Crippen LogP contribution in [0.3, 0.4) is 0 Å². The van der Waals surface area contributed by atoms with Crippen LogP contribution in [0.2, 0.25) is 5.02 Å². The van der Waals surface area contributed by atoms with Crippen molar-refractivity contribution in [1.82, 2.24) is 0 Å². The van der Waals surface area contributed by atoms with Gasteiger partial charge in [0, 0.05) is 21.8 Å². The van der Waals surface area contributed by atoms with E-state index in [4.69, 9.17) is 21.3 Å². The SMILES string of the molecule is CC1(C)Nc2ccccc2-c2c1ssc2=Nc1cc(Cl)ccc1Oc1ccccc1. The van der Waals surface area contributed by atoms with E-state index in [-0.39, 0.29) is 5.54 Å². The fraction of sp³-hybridized carbons (Fsp3) is 0.125. The zero-order chi connectivity index (χ0) is 20.7. The standard InChI is InChI=1S/C24H19ClN2OS2/c1-24(2)22-21(17-10-6-7-11-18(17)27-24)23(30-29-22)26-19-14-15(25)12-13-20(19)28-16-8-4-3-5-9-16/h3-14,27H,1-2H3. The molecule has 4 aromatic rings. The van der Waals surface area contributed by atoms with Gasteiger partial charge in [-0.1, -0.05) is 68.7 Å². The van der Waals surface area contributed by atoms with Crippen molar-refractivity contribution < 1.29 is 4.74 Å². The molecule has 30 heavy (non-hydrogen) atoms. The number of fused-ring (bicyclic) bond motifs is 3. The molecule has 2 heterocycles. The minimum Gasteiger partial charge on any atom is -0.455 e. The van der Waals surface area contributed by atoms with Crippen molar-refractivity contribution in [2.24, 2.45) is 4.99 Å². The molecule has 6 heteroatoms. The summed E-state index contributed by atoms with van der Waals surface area (Å²) in [5.74, 6) is 1.45. The van der Waals surface area contributed by atoms with Gasteiger partial charge in [-0.05, 0) is 50.2 Å². The quantitative estimate of drug-likeness (QED) is 0.323. The molecule has 150 valence electrons. The number of anilines is 1. The van der Waals surface area contributed by atoms with E-state index in [9.17, 15) is 0 Å². The number of hydrogen-bond acceptors (Lipinski definition) is 5. The molecule has 5 rings (SSSR count). The molecule has 1 aliphatic heterocycles. The molecule has 0 saturated heterocycles. The van der Waals surface area contributed by atoms with Crippen LogP contribution >= 0.6 is 32.3 Å². The first-order valence-corrected chi connectivity index (χ1v) is 12.1. The van der Waals surface area contributed by atoms with Crippen molar-refractivity contribution in [3.05, 3.63) is 87.4 Å². The van der Waals surface area contributed by atoms with Gasteiger partial charge in [-0.15, -0.1) is 0 Å². The Morgan fingerprint density at radius 1 is 0.933 bits per heavy atom. The van der Waals surface area contributed by atoms with E-state index in [1.807, 2.05) is 48.5 Å². The van der Waals surface area contributed by atoms with Gasteiger partial charge in [0.1, 0.15) is 16.1 Å². The van der Waals surface area contributed by atoms with Gasteiger partial charge in [0.2, 0.25) is 0 Å². The first-order chi connectivity index (χ1) is 14.5. The predicted octanol–water partition coefficient (Wildman–Crippen LogP) is 7.82. The molecule has 1 aromatic heterocycles. The Bertz CT molecular complexity index is 1290. The maximum atomic E-state index is 6.31. The van der Waals surface area contributed by atoms with Crippen LogP contribution in [-0.2, 0) is 5.54 Å². The monoisotopic (exact) mass is 450 g/mol. The molecule has 0 amide bonds. The van der Waals surface area contributed by atoms with Gasteiger partial charge >= 0.3 is 0 Å². The summed E-state index contributed by atoms with van der Waals surface area (Å²) in [6.07, 6.45) is 0. The molecule has 1 aliphatic rings. The lowest BCUT2D eigenvalue weighted by molar-refractivity contribution is 0.484. The van der Waals surface area contributed by atoms with Crippen LogP contribution in [0.4, 0.5) is 11.4 Å². The van der Waals surface area contributed by atoms with Crippen LogP contribution in [-0.4, -0.2) is 0 Å². The Balaban J connectivity index is 1.68. The third-order valence-corrected chi connectivity index (χ3v) is 7.85. The lowest BCUT2D eigenvalue weighted by Gasteiger charge is -2.33. The lowest BCUT2D eigenvalue weighted by atomic mass is 9.90. The second-order valence-corrected chi connectivity index (χ2v) is 10.2. The predicted molar refractivity (Wildman–Crippen MR) is 127 cm³/mol. The second-order valence-electron chi connectivity index (χ2n) is 7.61. The molecule has 0 aliphatic carbocycles. The Morgan fingerprint density at radius 2 is 1.70 bits per heavy atom. The van der Waals surface area contributed by atoms with E-state index in [1.165, 1.54) is 16.0 Å². The largest absolute Gasteiger partial charge is 0.455 e. The number of nitrogens with zero attached hydrogens (tertiary/aromatic N) is 1. The summed E-state index contributed by atoms with van der Waals surface area (Å²) in [6, 6.07) is 23.7. The fourth-order valence-corrected chi connectivity index (χ4v) is 6.68. The van der Waals surface area contributed by atoms with Crippen molar-refractivity contribution >= 4 is 43.7 Å². The number of halogens is 1. The molecule has 0 atom stereocenters. The van der Waals surface area contributed by atoms with Gasteiger partial charge in [-0.25, -0.2) is 4.99 Å². The van der Waals surface area contributed by atoms with Crippen LogP contribution in [0, 0.1) is 0 Å². The average Bonchev–Trinajstić information content (AvgIpc) is 3.16. The van der Waals surface area contributed by atoms with E-state index >= 15 is 0 Å². The van der Waals surface area contributed by atoms with Crippen molar-refractivity contribution in [2.75, 3.05) is 5.32 Å². The van der Waals surface area contributed by atoms with Gasteiger partial charge in [-0.2, -0.15) is 0 Å². The molecule has 0 bridgehead atoms. The van der Waals surface area contributed by atoms with E-state index in [2.05, 4.69) is 43.4 Å². The van der Waals surface area contributed by atoms with E-state index in [0.717, 1.165) is 21.8 Å². The van der Waals surface area contributed by atoms with Gasteiger partial charge in [0.05, 0.1) is 10.4 Å². The number of rotatable bonds is 3. The van der Waals surface area contributed by atoms with Crippen molar-refractivity contribution in [1.29, 1.82) is 0 Å². The minimum absolute atomic E-state index is 0.156. The maximum absolute atomic E-state index is 6.31. The third-order valence-electron chi connectivity index (χ3n) is 4.97. The number of hydrogen-bond donors (Lipinski definition) is 1. The van der Waals surface area contributed by atoms with Crippen LogP contribution in [0.1, 0.15) is 18.7 Å². The molecule has 3 aromatic carbocycles. The molecule has 0 radical (unpaired) electrons. The fourth-order valence-electron chi connectivity index (χ4n) is 3.58. The Morgan fingerprint density at radius 3 is 2.53 bits per heavy atom. The zero-order valence-electron chi connectivity index (χ0n) is 16.5. The summed E-state index contributed by atoms with van der Waals surface area (Å²) in [5, 5.41) is 4.28. The summed E-state index contributed by atoms with van der Waals surface area (Å²) < 4.78 is 7.08. The van der Waals surface area contributed by atoms with Gasteiger partial charge in [0.25, 0.3) is 0 Å². The van der Waals surface area contributed by atoms with E-state index < -0.39 is 0 Å². The number of ether oxygens (including phenoxy) is 1. The van der Waals surface area contributed by atoms with Crippen molar-refractivity contribution in [3.63, 3.8) is 0 Å². The lowest BCUT2D eigenvalue weighted by Crippen LogP contribution is -2.31. The highest BCUT2D eigenvalue weighted by atomic mass is 35.5. The van der Waals surface area contributed by atoms with Crippen molar-refractivity contribution in [2.45, 2.75) is 19.4 Å². The molecule has 0 spiro atoms. The molecular weight excluding hydrogens is 432 g/mol. The second kappa shape index (κ2) is 7.58. The summed E-state index contributed by atoms with van der Waals surface area (Å²) in [5.41, 5.74) is 4.06. The molecule has 0 fully saturated rings. The number of benzene rings is 3. The normalized spacial score (nSPS) is 14.6. The highest BCUT2D eigenvalue weighted by molar-refractivity contribution is 7.68. The average molecular weight is 451 g/mol. The first-order valence-electron chi connectivity index (χ1n) is 9.60. The molecule has 1 N–H and O–H groups in total. The van der Waals surface area contributed by atoms with Gasteiger partial charge in [-0.3, -0.25) is 0 Å². The van der Waals surface area contributed by atoms with Crippen LogP contribution in [0.15, 0.2) is 77.8 Å². The summed E-state index contributed by atoms with van der Waals surface area (Å²) in [6.45, 7) is 4.41. The summed E-state index contributed by atoms with van der Waals surface area (Å²) >= 11 is 6.31. The van der Waals surface area contributed by atoms with E-state index in [1.54, 1.807) is 20.7 Å². The highest BCUT2D eigenvalue weighted by Crippen LogP contribution is 2.45. The smallest absolute Gasteiger partial charge is 0.153 e. The Kier molecular flexibility index (Phi) is 4.89. The molecule has 0 saturated carbocycles. The van der Waals surface area contributed by atoms with Crippen molar-refractivity contribution in [3.8, 4) is 22.6 Å². The third kappa shape index (κ3) is 3.54. The Hall–Kier alpha value is -2.60. The summed E-state index contributed by atoms with van der Waals surface area (Å²) in [4.78, 5) is 6.32. The maximum Gasteiger partial charge on any atom is 0.153 e. The minimum atomic E-state index is -0.156. The molecule has 0 unspecified atom stereocenters. The topological polar surface area (TPSA) is 33.6 Å². The number of nitrogens with one attached hydrogen (secondary N) is 1. The number of para-hydroxylation sites is 2. The van der Waals surface area contributed by atoms with Crippen LogP contribution in [0.5, 0.6) is 11.5 Å². The van der Waals surface area contributed by atoms with Crippen LogP contribution in [0.25, 0.3) is 11.1 Å². The summed E-state index contributed by atoms with van der Waals surface area (Å²) in [7, 11) is 3.45. The van der Waals surface area contributed by atoms with E-state index in [0.29, 0.717) is 10.8 Å². The molecule has 3 nitrogen and oxygen atoms in total. The van der Waals surface area contributed by atoms with Crippen LogP contribution < -0.4 is 14.7 Å².